The summed E-state index contributed by atoms with van der Waals surface area (Å²) in [6.07, 6.45) is 3.33. The fourth-order valence-corrected chi connectivity index (χ4v) is 2.87. The first-order valence-electron chi connectivity index (χ1n) is 8.59. The van der Waals surface area contributed by atoms with E-state index in [1.807, 2.05) is 36.4 Å². The van der Waals surface area contributed by atoms with Gasteiger partial charge in [-0.15, -0.1) is 0 Å². The number of amides is 1. The van der Waals surface area contributed by atoms with Gasteiger partial charge in [0.05, 0.1) is 5.52 Å². The molecule has 4 nitrogen and oxygen atoms in total. The molecule has 4 heteroatoms. The van der Waals surface area contributed by atoms with E-state index in [9.17, 15) is 9.59 Å². The fraction of sp³-hybridized carbons (Fsp3) is 0.238. The highest BCUT2D eigenvalue weighted by molar-refractivity contribution is 5.93. The second kappa shape index (κ2) is 7.79. The highest BCUT2D eigenvalue weighted by Crippen LogP contribution is 2.17. The summed E-state index contributed by atoms with van der Waals surface area (Å²) < 4.78 is 0. The molecule has 0 bridgehead atoms. The van der Waals surface area contributed by atoms with E-state index in [-0.39, 0.29) is 11.5 Å². The fourth-order valence-electron chi connectivity index (χ4n) is 2.87. The lowest BCUT2D eigenvalue weighted by molar-refractivity contribution is -0.116. The number of benzene rings is 2. The van der Waals surface area contributed by atoms with Crippen molar-refractivity contribution in [1.82, 2.24) is 4.98 Å². The minimum atomic E-state index is -0.100. The summed E-state index contributed by atoms with van der Waals surface area (Å²) in [4.78, 5) is 26.6. The molecule has 0 unspecified atom stereocenters. The first-order valence-corrected chi connectivity index (χ1v) is 8.59. The Hall–Kier alpha value is -2.88. The molecule has 0 aliphatic heterocycles. The van der Waals surface area contributed by atoms with E-state index in [0.717, 1.165) is 30.2 Å². The van der Waals surface area contributed by atoms with Crippen LogP contribution in [0.2, 0.25) is 0 Å². The third-order valence-corrected chi connectivity index (χ3v) is 4.28. The third-order valence-electron chi connectivity index (χ3n) is 4.28. The number of fused-ring (bicyclic) bond motifs is 1. The van der Waals surface area contributed by atoms with Crippen molar-refractivity contribution in [3.63, 3.8) is 0 Å². The largest absolute Gasteiger partial charge is 0.326 e. The zero-order chi connectivity index (χ0) is 17.6. The van der Waals surface area contributed by atoms with Crippen LogP contribution in [-0.2, 0) is 11.2 Å². The lowest BCUT2D eigenvalue weighted by atomic mass is 10.1. The zero-order valence-electron chi connectivity index (χ0n) is 14.3. The Kier molecular flexibility index (Phi) is 5.29. The number of nitrogens with one attached hydrogen (secondary N) is 2. The predicted octanol–water partition coefficient (Wildman–Crippen LogP) is 4.19. The van der Waals surface area contributed by atoms with Crippen molar-refractivity contribution in [2.45, 2.75) is 32.6 Å². The number of rotatable bonds is 6. The number of aromatic amines is 1. The summed E-state index contributed by atoms with van der Waals surface area (Å²) in [6.45, 7) is 1.78. The van der Waals surface area contributed by atoms with E-state index in [1.165, 1.54) is 5.56 Å². The molecule has 3 aromatic rings. The molecular weight excluding hydrogens is 312 g/mol. The number of anilines is 1. The number of carbonyl (C=O) groups excluding carboxylic acids is 1. The van der Waals surface area contributed by atoms with Crippen LogP contribution in [0.3, 0.4) is 0 Å². The van der Waals surface area contributed by atoms with Crippen LogP contribution in [0.25, 0.3) is 10.9 Å². The Bertz CT molecular complexity index is 930. The highest BCUT2D eigenvalue weighted by atomic mass is 16.1. The van der Waals surface area contributed by atoms with Gasteiger partial charge in [0.15, 0.2) is 0 Å². The molecule has 0 fully saturated rings. The third kappa shape index (κ3) is 4.57. The molecule has 0 saturated carbocycles. The van der Waals surface area contributed by atoms with Crippen molar-refractivity contribution < 1.29 is 4.79 Å². The van der Waals surface area contributed by atoms with E-state index in [1.54, 1.807) is 13.0 Å². The number of pyridine rings is 1. The summed E-state index contributed by atoms with van der Waals surface area (Å²) in [5.41, 5.74) is 3.33. The van der Waals surface area contributed by atoms with Gasteiger partial charge in [-0.05, 0) is 55.3 Å². The molecule has 2 N–H and O–H groups in total. The second-order valence-corrected chi connectivity index (χ2v) is 6.32. The summed E-state index contributed by atoms with van der Waals surface area (Å²) in [6, 6.07) is 17.7. The molecule has 25 heavy (non-hydrogen) atoms. The maximum atomic E-state index is 12.1. The average Bonchev–Trinajstić information content (AvgIpc) is 2.61. The Morgan fingerprint density at radius 1 is 1.04 bits per heavy atom. The average molecular weight is 334 g/mol. The van der Waals surface area contributed by atoms with E-state index in [4.69, 9.17) is 0 Å². The van der Waals surface area contributed by atoms with Crippen LogP contribution in [0, 0.1) is 6.92 Å². The van der Waals surface area contributed by atoms with E-state index < -0.39 is 0 Å². The molecule has 0 radical (unpaired) electrons. The van der Waals surface area contributed by atoms with Crippen LogP contribution in [0.4, 0.5) is 5.69 Å². The first kappa shape index (κ1) is 17.0. The molecule has 128 valence electrons. The van der Waals surface area contributed by atoms with Crippen molar-refractivity contribution in [2.24, 2.45) is 0 Å². The van der Waals surface area contributed by atoms with Crippen molar-refractivity contribution in [3.8, 4) is 0 Å². The molecule has 0 aliphatic carbocycles. The molecular formula is C21H22N2O2. The number of H-pyrrole nitrogens is 1. The molecule has 1 aromatic heterocycles. The quantitative estimate of drug-likeness (QED) is 0.664. The lowest BCUT2D eigenvalue weighted by Crippen LogP contribution is -2.12. The smallest absolute Gasteiger partial charge is 0.251 e. The van der Waals surface area contributed by atoms with Crippen LogP contribution in [-0.4, -0.2) is 10.9 Å². The Morgan fingerprint density at radius 3 is 2.64 bits per heavy atom. The van der Waals surface area contributed by atoms with Crippen molar-refractivity contribution >= 4 is 22.5 Å². The number of unbranched alkanes of at least 4 members (excludes halogenated alkanes) is 1. The number of aryl methyl sites for hydroxylation is 2. The van der Waals surface area contributed by atoms with Gasteiger partial charge in [0.1, 0.15) is 0 Å². The van der Waals surface area contributed by atoms with Crippen LogP contribution < -0.4 is 10.9 Å². The molecule has 0 saturated heterocycles. The number of hydrogen-bond donors (Lipinski definition) is 2. The lowest BCUT2D eigenvalue weighted by Gasteiger charge is -2.07. The predicted molar refractivity (Wildman–Crippen MR) is 102 cm³/mol. The van der Waals surface area contributed by atoms with E-state index in [0.29, 0.717) is 17.7 Å². The summed E-state index contributed by atoms with van der Waals surface area (Å²) in [7, 11) is 0. The van der Waals surface area contributed by atoms with E-state index in [2.05, 4.69) is 22.4 Å². The first-order chi connectivity index (χ1) is 12.1. The van der Waals surface area contributed by atoms with Crippen LogP contribution in [0.15, 0.2) is 59.4 Å². The number of hydrogen-bond acceptors (Lipinski definition) is 2. The highest BCUT2D eigenvalue weighted by Gasteiger charge is 2.05. The molecule has 0 spiro atoms. The summed E-state index contributed by atoms with van der Waals surface area (Å²) >= 11 is 0. The van der Waals surface area contributed by atoms with Crippen LogP contribution >= 0.6 is 0 Å². The monoisotopic (exact) mass is 334 g/mol. The van der Waals surface area contributed by atoms with Crippen molar-refractivity contribution in [2.75, 3.05) is 5.32 Å². The summed E-state index contributed by atoms with van der Waals surface area (Å²) in [5, 5.41) is 3.86. The zero-order valence-corrected chi connectivity index (χ0v) is 14.3. The Labute approximate surface area is 146 Å². The standard InChI is InChI=1S/C21H22N2O2/c1-15-13-17-11-12-18(14-19(17)23-21(15)25)22-20(24)10-6-5-9-16-7-3-2-4-8-16/h2-4,7-8,11-14H,5-6,9-10H2,1H3,(H,22,24)(H,23,25). The number of aromatic nitrogens is 1. The van der Waals surface area contributed by atoms with Gasteiger partial charge in [0.25, 0.3) is 5.56 Å². The Balaban J connectivity index is 1.53. The van der Waals surface area contributed by atoms with Gasteiger partial charge in [-0.2, -0.15) is 0 Å². The minimum Gasteiger partial charge on any atom is -0.326 e. The molecule has 3 rings (SSSR count). The van der Waals surface area contributed by atoms with Gasteiger partial charge < -0.3 is 10.3 Å². The van der Waals surface area contributed by atoms with Gasteiger partial charge in [0.2, 0.25) is 5.91 Å². The van der Waals surface area contributed by atoms with Gasteiger partial charge in [0, 0.05) is 17.7 Å². The molecule has 0 aliphatic rings. The van der Waals surface area contributed by atoms with Gasteiger partial charge in [-0.25, -0.2) is 0 Å². The molecule has 2 aromatic carbocycles. The maximum Gasteiger partial charge on any atom is 0.251 e. The minimum absolute atomic E-state index is 0.00173. The SMILES string of the molecule is Cc1cc2ccc(NC(=O)CCCCc3ccccc3)cc2[nH]c1=O. The van der Waals surface area contributed by atoms with Gasteiger partial charge in [-0.3, -0.25) is 9.59 Å². The van der Waals surface area contributed by atoms with Crippen molar-refractivity contribution in [3.05, 3.63) is 76.1 Å². The van der Waals surface area contributed by atoms with E-state index >= 15 is 0 Å². The molecule has 1 heterocycles. The molecule has 1 amide bonds. The Morgan fingerprint density at radius 2 is 1.84 bits per heavy atom. The normalized spacial score (nSPS) is 10.8. The second-order valence-electron chi connectivity index (χ2n) is 6.32. The van der Waals surface area contributed by atoms with Gasteiger partial charge >= 0.3 is 0 Å². The maximum absolute atomic E-state index is 12.1. The van der Waals surface area contributed by atoms with Gasteiger partial charge in [-0.1, -0.05) is 36.4 Å². The topological polar surface area (TPSA) is 62.0 Å². The molecule has 0 atom stereocenters. The van der Waals surface area contributed by atoms with Crippen LogP contribution in [0.1, 0.15) is 30.4 Å². The number of carbonyl (C=O) groups is 1. The summed E-state index contributed by atoms with van der Waals surface area (Å²) in [5.74, 6) is 0.00173. The van der Waals surface area contributed by atoms with Crippen molar-refractivity contribution in [1.29, 1.82) is 0 Å². The van der Waals surface area contributed by atoms with Crippen LogP contribution in [0.5, 0.6) is 0 Å².